The Morgan fingerprint density at radius 1 is 1.20 bits per heavy atom. The largest absolute Gasteiger partial charge is 0.482 e. The first kappa shape index (κ1) is 24.8. The molecule has 10 heteroatoms. The van der Waals surface area contributed by atoms with E-state index >= 15 is 0 Å². The van der Waals surface area contributed by atoms with E-state index in [1.165, 1.54) is 22.1 Å². The molecule has 0 fully saturated rings. The van der Waals surface area contributed by atoms with Crippen LogP contribution < -0.4 is 4.74 Å². The molecule has 0 saturated heterocycles. The van der Waals surface area contributed by atoms with Crippen molar-refractivity contribution in [1.29, 1.82) is 0 Å². The number of halogens is 2. The lowest BCUT2D eigenvalue weighted by Crippen LogP contribution is -2.34. The molecule has 2 aromatic rings. The number of benzene rings is 2. The minimum atomic E-state index is -3.77. The Labute approximate surface area is 191 Å². The Hall–Kier alpha value is -1.45. The second kappa shape index (κ2) is 11.2. The van der Waals surface area contributed by atoms with E-state index in [2.05, 4.69) is 0 Å². The van der Waals surface area contributed by atoms with Crippen molar-refractivity contribution in [2.75, 3.05) is 25.4 Å². The van der Waals surface area contributed by atoms with Gasteiger partial charge in [-0.15, -0.1) is 11.8 Å². The van der Waals surface area contributed by atoms with E-state index in [-0.39, 0.29) is 14.9 Å². The predicted molar refractivity (Wildman–Crippen MR) is 121 cm³/mol. The van der Waals surface area contributed by atoms with Gasteiger partial charge in [0.25, 0.3) is 0 Å². The molecule has 0 aliphatic heterocycles. The highest BCUT2D eigenvalue weighted by molar-refractivity contribution is 7.99. The third-order valence-electron chi connectivity index (χ3n) is 4.11. The average molecular weight is 492 g/mol. The Balaban J connectivity index is 2.07. The van der Waals surface area contributed by atoms with Crippen molar-refractivity contribution in [2.24, 2.45) is 0 Å². The quantitative estimate of drug-likeness (QED) is 0.447. The topological polar surface area (TPSA) is 83.9 Å². The summed E-state index contributed by atoms with van der Waals surface area (Å²) in [6.07, 6.45) is 0.663. The second-order valence-corrected chi connectivity index (χ2v) is 10.3. The molecule has 2 aromatic carbocycles. The number of aryl methyl sites for hydroxylation is 1. The summed E-state index contributed by atoms with van der Waals surface area (Å²) >= 11 is 13.6. The average Bonchev–Trinajstić information content (AvgIpc) is 2.68. The molecule has 0 bridgehead atoms. The molecule has 0 aromatic heterocycles. The van der Waals surface area contributed by atoms with Crippen LogP contribution >= 0.6 is 35.0 Å². The molecule has 0 atom stereocenters. The van der Waals surface area contributed by atoms with Crippen molar-refractivity contribution in [2.45, 2.75) is 30.1 Å². The number of thioether (sulfide) groups is 1. The van der Waals surface area contributed by atoms with Crippen LogP contribution in [0, 0.1) is 6.92 Å². The molecule has 0 aliphatic rings. The summed E-state index contributed by atoms with van der Waals surface area (Å²) in [5.41, 5.74) is 0.810. The van der Waals surface area contributed by atoms with Gasteiger partial charge in [-0.2, -0.15) is 4.31 Å². The summed E-state index contributed by atoms with van der Waals surface area (Å²) < 4.78 is 32.8. The van der Waals surface area contributed by atoms with Gasteiger partial charge in [0.1, 0.15) is 10.6 Å². The monoisotopic (exact) mass is 491 g/mol. The Morgan fingerprint density at radius 3 is 2.57 bits per heavy atom. The van der Waals surface area contributed by atoms with Gasteiger partial charge in [-0.05, 0) is 49.2 Å². The molecule has 2 rings (SSSR count). The first-order chi connectivity index (χ1) is 14.2. The van der Waals surface area contributed by atoms with Crippen LogP contribution in [0.4, 0.5) is 0 Å². The number of hydrogen-bond acceptors (Lipinski definition) is 5. The standard InChI is InChI=1S/C20H23Cl2NO5S2/c1-3-9-23(30(26,27)18-6-4-5-16(21)20(18)22)10-11-29-15-7-8-17(14(2)12-15)28-13-19(24)25/h4-8,12H,3,9-11,13H2,1-2H3,(H,24,25). The van der Waals surface area contributed by atoms with Crippen molar-refractivity contribution < 1.29 is 23.1 Å². The Kier molecular flexibility index (Phi) is 9.31. The fourth-order valence-corrected chi connectivity index (χ4v) is 6.06. The minimum absolute atomic E-state index is 0.00546. The molecule has 0 spiro atoms. The summed E-state index contributed by atoms with van der Waals surface area (Å²) in [5.74, 6) is 0.00375. The molecule has 6 nitrogen and oxygen atoms in total. The zero-order valence-corrected chi connectivity index (χ0v) is 19.7. The number of carboxylic acid groups (broad SMARTS) is 1. The summed E-state index contributed by atoms with van der Waals surface area (Å²) in [5, 5.41) is 8.94. The first-order valence-electron chi connectivity index (χ1n) is 9.19. The number of hydrogen-bond donors (Lipinski definition) is 1. The number of sulfonamides is 1. The van der Waals surface area contributed by atoms with E-state index in [1.807, 2.05) is 26.0 Å². The van der Waals surface area contributed by atoms with Crippen LogP contribution in [0.25, 0.3) is 0 Å². The number of aliphatic carboxylic acids is 1. The van der Waals surface area contributed by atoms with Gasteiger partial charge in [0.05, 0.1) is 10.0 Å². The highest BCUT2D eigenvalue weighted by Gasteiger charge is 2.26. The number of carbonyl (C=O) groups is 1. The zero-order chi connectivity index (χ0) is 22.3. The van der Waals surface area contributed by atoms with E-state index in [9.17, 15) is 13.2 Å². The summed E-state index contributed by atoms with van der Waals surface area (Å²) in [6.45, 7) is 4.01. The van der Waals surface area contributed by atoms with Crippen molar-refractivity contribution in [3.8, 4) is 5.75 Å². The van der Waals surface area contributed by atoms with Crippen LogP contribution in [0.3, 0.4) is 0 Å². The van der Waals surface area contributed by atoms with Gasteiger partial charge < -0.3 is 9.84 Å². The maximum atomic E-state index is 13.1. The van der Waals surface area contributed by atoms with E-state index < -0.39 is 22.6 Å². The highest BCUT2D eigenvalue weighted by atomic mass is 35.5. The Bertz CT molecular complexity index is 999. The van der Waals surface area contributed by atoms with Crippen LogP contribution in [0.15, 0.2) is 46.2 Å². The number of rotatable bonds is 11. The fraction of sp³-hybridized carbons (Fsp3) is 0.350. The molecular formula is C20H23Cl2NO5S2. The van der Waals surface area contributed by atoms with Gasteiger partial charge in [0.15, 0.2) is 6.61 Å². The third kappa shape index (κ3) is 6.52. The lowest BCUT2D eigenvalue weighted by Gasteiger charge is -2.22. The van der Waals surface area contributed by atoms with E-state index in [0.29, 0.717) is 31.0 Å². The van der Waals surface area contributed by atoms with E-state index in [1.54, 1.807) is 18.2 Å². The second-order valence-electron chi connectivity index (χ2n) is 6.41. The van der Waals surface area contributed by atoms with E-state index in [0.717, 1.165) is 10.5 Å². The highest BCUT2D eigenvalue weighted by Crippen LogP contribution is 2.31. The lowest BCUT2D eigenvalue weighted by molar-refractivity contribution is -0.139. The Morgan fingerprint density at radius 2 is 1.93 bits per heavy atom. The first-order valence-corrected chi connectivity index (χ1v) is 12.4. The summed E-state index contributed by atoms with van der Waals surface area (Å²) in [4.78, 5) is 11.6. The normalized spacial score (nSPS) is 11.6. The molecular weight excluding hydrogens is 469 g/mol. The maximum Gasteiger partial charge on any atom is 0.341 e. The van der Waals surface area contributed by atoms with Gasteiger partial charge in [-0.25, -0.2) is 13.2 Å². The summed E-state index contributed by atoms with van der Waals surface area (Å²) in [6, 6.07) is 9.99. The molecule has 164 valence electrons. The van der Waals surface area contributed by atoms with Crippen molar-refractivity contribution in [3.05, 3.63) is 52.0 Å². The third-order valence-corrected chi connectivity index (χ3v) is 7.96. The molecule has 0 saturated carbocycles. The van der Waals surface area contributed by atoms with Gasteiger partial charge in [0, 0.05) is 23.7 Å². The number of ether oxygens (including phenoxy) is 1. The fourth-order valence-electron chi connectivity index (χ4n) is 2.70. The smallest absolute Gasteiger partial charge is 0.341 e. The number of nitrogens with zero attached hydrogens (tertiary/aromatic N) is 1. The molecule has 30 heavy (non-hydrogen) atoms. The predicted octanol–water partition coefficient (Wildman–Crippen LogP) is 4.96. The van der Waals surface area contributed by atoms with Crippen LogP contribution in [0.1, 0.15) is 18.9 Å². The SMILES string of the molecule is CCCN(CCSc1ccc(OCC(=O)O)c(C)c1)S(=O)(=O)c1cccc(Cl)c1Cl. The zero-order valence-electron chi connectivity index (χ0n) is 16.6. The van der Waals surface area contributed by atoms with Crippen LogP contribution in [-0.2, 0) is 14.8 Å². The maximum absolute atomic E-state index is 13.1. The molecule has 0 aliphatic carbocycles. The van der Waals surface area contributed by atoms with Crippen molar-refractivity contribution in [3.63, 3.8) is 0 Å². The van der Waals surface area contributed by atoms with Crippen molar-refractivity contribution in [1.82, 2.24) is 4.31 Å². The van der Waals surface area contributed by atoms with Crippen molar-refractivity contribution >= 4 is 51.0 Å². The van der Waals surface area contributed by atoms with Gasteiger partial charge in [0.2, 0.25) is 10.0 Å². The van der Waals surface area contributed by atoms with E-state index in [4.69, 9.17) is 33.0 Å². The van der Waals surface area contributed by atoms with Crippen LogP contribution in [-0.4, -0.2) is 49.2 Å². The van der Waals surface area contributed by atoms with Crippen LogP contribution in [0.5, 0.6) is 5.75 Å². The van der Waals surface area contributed by atoms with Crippen LogP contribution in [0.2, 0.25) is 10.0 Å². The molecule has 1 N–H and O–H groups in total. The number of carboxylic acids is 1. The van der Waals surface area contributed by atoms with Gasteiger partial charge in [-0.3, -0.25) is 0 Å². The molecule has 0 radical (unpaired) electrons. The molecule has 0 heterocycles. The van der Waals surface area contributed by atoms with Gasteiger partial charge >= 0.3 is 5.97 Å². The lowest BCUT2D eigenvalue weighted by atomic mass is 10.2. The summed E-state index contributed by atoms with van der Waals surface area (Å²) in [7, 11) is -3.77. The molecule has 0 unspecified atom stereocenters. The minimum Gasteiger partial charge on any atom is -0.482 e. The molecule has 0 amide bonds. The van der Waals surface area contributed by atoms with Gasteiger partial charge in [-0.1, -0.05) is 36.2 Å².